The number of aryl methyl sites for hydroxylation is 1. The van der Waals surface area contributed by atoms with Gasteiger partial charge in [-0.1, -0.05) is 30.3 Å². The van der Waals surface area contributed by atoms with Gasteiger partial charge in [-0.25, -0.2) is 4.98 Å². The zero-order chi connectivity index (χ0) is 21.5. The number of nitrogens with one attached hydrogen (secondary N) is 1. The highest BCUT2D eigenvalue weighted by atomic mass is 16.5. The summed E-state index contributed by atoms with van der Waals surface area (Å²) >= 11 is 0. The van der Waals surface area contributed by atoms with Gasteiger partial charge in [0.05, 0.1) is 19.3 Å². The summed E-state index contributed by atoms with van der Waals surface area (Å²) in [5, 5.41) is 7.70. The third-order valence-corrected chi connectivity index (χ3v) is 5.15. The molecule has 1 fully saturated rings. The zero-order valence-corrected chi connectivity index (χ0v) is 17.9. The van der Waals surface area contributed by atoms with E-state index in [2.05, 4.69) is 25.3 Å². The largest absolute Gasteiger partial charge is 0.473 e. The maximum atomic E-state index is 5.94. The molecule has 1 atom stereocenters. The highest BCUT2D eigenvalue weighted by Crippen LogP contribution is 2.21. The van der Waals surface area contributed by atoms with Crippen molar-refractivity contribution in [1.29, 1.82) is 0 Å². The lowest BCUT2D eigenvalue weighted by molar-refractivity contribution is -0.00805. The van der Waals surface area contributed by atoms with Crippen LogP contribution in [0, 0.1) is 0 Å². The Morgan fingerprint density at radius 3 is 2.90 bits per heavy atom. The Bertz CT molecular complexity index is 1000. The number of aromatic nitrogens is 3. The molecule has 31 heavy (non-hydrogen) atoms. The minimum Gasteiger partial charge on any atom is -0.473 e. The fourth-order valence-electron chi connectivity index (χ4n) is 3.53. The van der Waals surface area contributed by atoms with Crippen LogP contribution in [0.1, 0.15) is 22.8 Å². The maximum Gasteiger partial charge on any atom is 0.213 e. The van der Waals surface area contributed by atoms with Crippen LogP contribution in [0.2, 0.25) is 0 Å². The van der Waals surface area contributed by atoms with Gasteiger partial charge >= 0.3 is 0 Å². The van der Waals surface area contributed by atoms with E-state index in [1.165, 1.54) is 0 Å². The molecule has 1 aliphatic heterocycles. The molecule has 4 rings (SSSR count). The van der Waals surface area contributed by atoms with Gasteiger partial charge < -0.3 is 19.7 Å². The first-order chi connectivity index (χ1) is 15.2. The molecule has 1 N–H and O–H groups in total. The Kier molecular flexibility index (Phi) is 6.78. The number of guanidine groups is 1. The third kappa shape index (κ3) is 5.61. The van der Waals surface area contributed by atoms with E-state index in [-0.39, 0.29) is 6.10 Å². The summed E-state index contributed by atoms with van der Waals surface area (Å²) in [4.78, 5) is 11.0. The Hall–Kier alpha value is -3.39. The first-order valence-electron chi connectivity index (χ1n) is 10.4. The normalized spacial score (nSPS) is 16.9. The third-order valence-electron chi connectivity index (χ3n) is 5.15. The summed E-state index contributed by atoms with van der Waals surface area (Å²) < 4.78 is 13.6. The van der Waals surface area contributed by atoms with Crippen LogP contribution in [0.4, 0.5) is 0 Å². The summed E-state index contributed by atoms with van der Waals surface area (Å²) in [6.45, 7) is 3.29. The summed E-state index contributed by atoms with van der Waals surface area (Å²) in [7, 11) is 3.72. The van der Waals surface area contributed by atoms with Gasteiger partial charge in [-0.3, -0.25) is 9.67 Å². The first kappa shape index (κ1) is 20.9. The molecule has 0 amide bonds. The smallest absolute Gasteiger partial charge is 0.213 e. The summed E-state index contributed by atoms with van der Waals surface area (Å²) in [5.41, 5.74) is 3.27. The molecule has 0 aliphatic carbocycles. The second-order valence-electron chi connectivity index (χ2n) is 7.43. The highest BCUT2D eigenvalue weighted by Gasteiger charge is 2.25. The van der Waals surface area contributed by atoms with Crippen molar-refractivity contribution in [2.24, 2.45) is 12.0 Å². The first-order valence-corrected chi connectivity index (χ1v) is 10.4. The predicted octanol–water partition coefficient (Wildman–Crippen LogP) is 2.54. The average Bonchev–Trinajstić information content (AvgIpc) is 3.26. The highest BCUT2D eigenvalue weighted by molar-refractivity contribution is 5.80. The standard InChI is InChI=1S/C23H28N6O2/c1-24-23(29-10-11-30-21(16-29)20-14-27-28(2)15-20)26-13-19-8-9-25-22(12-19)31-17-18-6-4-3-5-7-18/h3-9,12,14-15,21H,10-11,13,16-17H2,1-2H3,(H,24,26). The molecule has 162 valence electrons. The van der Waals surface area contributed by atoms with Crippen LogP contribution in [-0.4, -0.2) is 52.4 Å². The fourth-order valence-corrected chi connectivity index (χ4v) is 3.53. The van der Waals surface area contributed by atoms with Crippen molar-refractivity contribution < 1.29 is 9.47 Å². The summed E-state index contributed by atoms with van der Waals surface area (Å²) in [6, 6.07) is 14.0. The molecule has 3 heterocycles. The van der Waals surface area contributed by atoms with Crippen LogP contribution >= 0.6 is 0 Å². The fraction of sp³-hybridized carbons (Fsp3) is 0.348. The molecule has 1 aromatic carbocycles. The number of ether oxygens (including phenoxy) is 2. The molecule has 3 aromatic rings. The van der Waals surface area contributed by atoms with Crippen LogP contribution < -0.4 is 10.1 Å². The van der Waals surface area contributed by atoms with E-state index in [0.717, 1.165) is 35.7 Å². The van der Waals surface area contributed by atoms with Crippen LogP contribution in [0.5, 0.6) is 5.88 Å². The number of rotatable bonds is 6. The maximum absolute atomic E-state index is 5.94. The van der Waals surface area contributed by atoms with Crippen molar-refractivity contribution in [2.75, 3.05) is 26.7 Å². The molecule has 0 bridgehead atoms. The van der Waals surface area contributed by atoms with Crippen LogP contribution in [-0.2, 0) is 24.9 Å². The van der Waals surface area contributed by atoms with E-state index in [0.29, 0.717) is 25.6 Å². The Morgan fingerprint density at radius 2 is 2.13 bits per heavy atom. The van der Waals surface area contributed by atoms with Crippen molar-refractivity contribution in [2.45, 2.75) is 19.3 Å². The SMILES string of the molecule is CN=C(NCc1ccnc(OCc2ccccc2)c1)N1CCOC(c2cnn(C)c2)C1. The average molecular weight is 421 g/mol. The van der Waals surface area contributed by atoms with Crippen molar-refractivity contribution in [3.05, 3.63) is 77.7 Å². The second kappa shape index (κ2) is 10.1. The van der Waals surface area contributed by atoms with Crippen molar-refractivity contribution in [1.82, 2.24) is 25.0 Å². The molecular weight excluding hydrogens is 392 g/mol. The molecule has 8 heteroatoms. The van der Waals surface area contributed by atoms with Gasteiger partial charge in [0.1, 0.15) is 12.7 Å². The Labute approximate surface area is 182 Å². The number of hydrogen-bond donors (Lipinski definition) is 1. The van der Waals surface area contributed by atoms with E-state index in [4.69, 9.17) is 9.47 Å². The molecule has 8 nitrogen and oxygen atoms in total. The quantitative estimate of drug-likeness (QED) is 0.488. The van der Waals surface area contributed by atoms with Gasteiger partial charge in [-0.15, -0.1) is 0 Å². The zero-order valence-electron chi connectivity index (χ0n) is 17.9. The predicted molar refractivity (Wildman–Crippen MR) is 119 cm³/mol. The van der Waals surface area contributed by atoms with Gasteiger partial charge in [0.25, 0.3) is 0 Å². The minimum atomic E-state index is -0.0140. The summed E-state index contributed by atoms with van der Waals surface area (Å²) in [5.74, 6) is 1.46. The second-order valence-corrected chi connectivity index (χ2v) is 7.43. The van der Waals surface area contributed by atoms with Gasteiger partial charge in [-0.05, 0) is 17.2 Å². The molecule has 1 aliphatic rings. The van der Waals surface area contributed by atoms with Crippen molar-refractivity contribution in [3.8, 4) is 5.88 Å². The lowest BCUT2D eigenvalue weighted by atomic mass is 10.1. The van der Waals surface area contributed by atoms with E-state index >= 15 is 0 Å². The molecule has 0 radical (unpaired) electrons. The van der Waals surface area contributed by atoms with E-state index < -0.39 is 0 Å². The molecular formula is C23H28N6O2. The minimum absolute atomic E-state index is 0.0140. The number of hydrogen-bond acceptors (Lipinski definition) is 5. The molecule has 2 aromatic heterocycles. The lowest BCUT2D eigenvalue weighted by Crippen LogP contribution is -2.47. The molecule has 0 saturated carbocycles. The van der Waals surface area contributed by atoms with Gasteiger partial charge in [0.2, 0.25) is 5.88 Å². The van der Waals surface area contributed by atoms with Crippen LogP contribution in [0.15, 0.2) is 66.0 Å². The van der Waals surface area contributed by atoms with Gasteiger partial charge in [0, 0.05) is 51.2 Å². The van der Waals surface area contributed by atoms with Gasteiger partial charge in [-0.2, -0.15) is 5.10 Å². The number of pyridine rings is 1. The van der Waals surface area contributed by atoms with Crippen molar-refractivity contribution >= 4 is 5.96 Å². The topological polar surface area (TPSA) is 76.8 Å². The van der Waals surface area contributed by atoms with Gasteiger partial charge in [0.15, 0.2) is 5.96 Å². The lowest BCUT2D eigenvalue weighted by Gasteiger charge is -2.34. The van der Waals surface area contributed by atoms with E-state index in [9.17, 15) is 0 Å². The van der Waals surface area contributed by atoms with Crippen LogP contribution in [0.25, 0.3) is 0 Å². The van der Waals surface area contributed by atoms with Crippen LogP contribution in [0.3, 0.4) is 0 Å². The number of aliphatic imine (C=N–C) groups is 1. The molecule has 0 spiro atoms. The number of morpholine rings is 1. The van der Waals surface area contributed by atoms with E-state index in [1.54, 1.807) is 17.9 Å². The number of benzene rings is 1. The van der Waals surface area contributed by atoms with Crippen molar-refractivity contribution in [3.63, 3.8) is 0 Å². The van der Waals surface area contributed by atoms with E-state index in [1.807, 2.05) is 61.9 Å². The monoisotopic (exact) mass is 420 g/mol. The molecule has 1 saturated heterocycles. The summed E-state index contributed by atoms with van der Waals surface area (Å²) in [6.07, 6.45) is 5.61. The molecule has 1 unspecified atom stereocenters. The Morgan fingerprint density at radius 1 is 1.26 bits per heavy atom. The number of nitrogens with zero attached hydrogens (tertiary/aromatic N) is 5. The Balaban J connectivity index is 1.33.